The Morgan fingerprint density at radius 3 is 2.35 bits per heavy atom. The maximum Gasteiger partial charge on any atom is 0.391 e. The molecule has 0 aromatic carbocycles. The van der Waals surface area contributed by atoms with E-state index in [2.05, 4.69) is 4.98 Å². The van der Waals surface area contributed by atoms with Crippen LogP contribution in [0.3, 0.4) is 0 Å². The second-order valence-corrected chi connectivity index (χ2v) is 4.12. The number of nitrogens with zero attached hydrogens (tertiary/aromatic N) is 2. The lowest BCUT2D eigenvalue weighted by Gasteiger charge is -2.33. The Bertz CT molecular complexity index is 383. The van der Waals surface area contributed by atoms with Crippen LogP contribution in [0.2, 0.25) is 0 Å². The monoisotopic (exact) mass is 248 g/mol. The molecule has 0 N–H and O–H groups in total. The number of hydrogen-bond donors (Lipinski definition) is 0. The number of anilines is 1. The summed E-state index contributed by atoms with van der Waals surface area (Å²) in [5.41, 5.74) is 0. The molecule has 94 valence electrons. The molecule has 1 fully saturated rings. The van der Waals surface area contributed by atoms with Gasteiger partial charge in [0.05, 0.1) is 5.92 Å². The summed E-state index contributed by atoms with van der Waals surface area (Å²) in [5, 5.41) is 0. The molecule has 6 heteroatoms. The number of aromatic nitrogens is 1. The molecule has 0 amide bonds. The van der Waals surface area contributed by atoms with Gasteiger partial charge in [-0.15, -0.1) is 0 Å². The quantitative estimate of drug-likeness (QED) is 0.561. The minimum absolute atomic E-state index is 0.0433. The molecule has 0 unspecified atom stereocenters. The topological polar surface area (TPSA) is 16.1 Å². The summed E-state index contributed by atoms with van der Waals surface area (Å²) < 4.78 is 50.2. The maximum atomic E-state index is 12.9. The summed E-state index contributed by atoms with van der Waals surface area (Å²) in [6.07, 6.45) is -4.04. The van der Waals surface area contributed by atoms with Gasteiger partial charge >= 0.3 is 6.18 Å². The zero-order valence-electron chi connectivity index (χ0n) is 9.04. The largest absolute Gasteiger partial charge is 0.391 e. The van der Waals surface area contributed by atoms with Crippen molar-refractivity contribution in [1.82, 2.24) is 4.98 Å². The van der Waals surface area contributed by atoms with Crippen LogP contribution in [0.4, 0.5) is 23.4 Å². The van der Waals surface area contributed by atoms with Gasteiger partial charge in [-0.05, 0) is 25.0 Å². The Hall–Kier alpha value is -1.33. The van der Waals surface area contributed by atoms with Gasteiger partial charge in [-0.3, -0.25) is 0 Å². The zero-order chi connectivity index (χ0) is 12.5. The van der Waals surface area contributed by atoms with Crippen molar-refractivity contribution in [3.05, 3.63) is 24.1 Å². The average Bonchev–Trinajstić information content (AvgIpc) is 2.28. The van der Waals surface area contributed by atoms with Crippen molar-refractivity contribution < 1.29 is 17.6 Å². The van der Waals surface area contributed by atoms with Crippen LogP contribution in [0.1, 0.15) is 12.8 Å². The maximum absolute atomic E-state index is 12.9. The lowest BCUT2D eigenvalue weighted by Crippen LogP contribution is -2.39. The van der Waals surface area contributed by atoms with Crippen molar-refractivity contribution in [2.75, 3.05) is 18.0 Å². The van der Waals surface area contributed by atoms with E-state index < -0.39 is 18.0 Å². The molecule has 1 aromatic heterocycles. The summed E-state index contributed by atoms with van der Waals surface area (Å²) in [6.45, 7) is 0.529. The minimum Gasteiger partial charge on any atom is -0.356 e. The van der Waals surface area contributed by atoms with E-state index in [0.29, 0.717) is 5.82 Å². The normalized spacial score (nSPS) is 18.5. The van der Waals surface area contributed by atoms with Gasteiger partial charge in [-0.25, -0.2) is 4.98 Å². The van der Waals surface area contributed by atoms with E-state index in [9.17, 15) is 17.6 Å². The minimum atomic E-state index is -4.12. The first-order chi connectivity index (χ1) is 7.97. The molecule has 0 spiro atoms. The highest BCUT2D eigenvalue weighted by Crippen LogP contribution is 2.34. The van der Waals surface area contributed by atoms with Gasteiger partial charge in [0.1, 0.15) is 5.82 Å². The van der Waals surface area contributed by atoms with Crippen LogP contribution >= 0.6 is 0 Å². The zero-order valence-corrected chi connectivity index (χ0v) is 9.04. The Morgan fingerprint density at radius 1 is 1.18 bits per heavy atom. The van der Waals surface area contributed by atoms with Gasteiger partial charge in [0, 0.05) is 13.1 Å². The first-order valence-electron chi connectivity index (χ1n) is 5.41. The molecule has 0 aliphatic carbocycles. The van der Waals surface area contributed by atoms with E-state index in [4.69, 9.17) is 0 Å². The third-order valence-electron chi connectivity index (χ3n) is 2.98. The summed E-state index contributed by atoms with van der Waals surface area (Å²) in [6, 6.07) is 4.33. The van der Waals surface area contributed by atoms with Crippen molar-refractivity contribution in [3.8, 4) is 0 Å². The van der Waals surface area contributed by atoms with Gasteiger partial charge in [-0.2, -0.15) is 17.6 Å². The van der Waals surface area contributed by atoms with Crippen molar-refractivity contribution in [2.45, 2.75) is 19.0 Å². The number of rotatable bonds is 1. The molecule has 0 saturated carbocycles. The number of hydrogen-bond acceptors (Lipinski definition) is 2. The van der Waals surface area contributed by atoms with Crippen LogP contribution < -0.4 is 4.90 Å². The van der Waals surface area contributed by atoms with Gasteiger partial charge in [0.25, 0.3) is 0 Å². The van der Waals surface area contributed by atoms with Crippen molar-refractivity contribution in [1.29, 1.82) is 0 Å². The smallest absolute Gasteiger partial charge is 0.356 e. The summed E-state index contributed by atoms with van der Waals surface area (Å²) in [7, 11) is 0. The predicted octanol–water partition coefficient (Wildman–Crippen LogP) is 3.00. The van der Waals surface area contributed by atoms with Gasteiger partial charge in [0.2, 0.25) is 5.95 Å². The Kier molecular flexibility index (Phi) is 3.22. The van der Waals surface area contributed by atoms with E-state index in [1.165, 1.54) is 12.1 Å². The Balaban J connectivity index is 2.00. The molecule has 1 aliphatic heterocycles. The number of pyridine rings is 1. The predicted molar refractivity (Wildman–Crippen MR) is 55.2 cm³/mol. The summed E-state index contributed by atoms with van der Waals surface area (Å²) in [5.74, 6) is -1.45. The van der Waals surface area contributed by atoms with E-state index in [-0.39, 0.29) is 25.9 Å². The van der Waals surface area contributed by atoms with Crippen LogP contribution in [0, 0.1) is 11.9 Å². The molecule has 2 heterocycles. The van der Waals surface area contributed by atoms with E-state index in [0.717, 1.165) is 0 Å². The SMILES string of the molecule is Fc1cccc(N2CCC(C(F)(F)F)CC2)n1. The summed E-state index contributed by atoms with van der Waals surface area (Å²) in [4.78, 5) is 5.35. The first-order valence-corrected chi connectivity index (χ1v) is 5.41. The van der Waals surface area contributed by atoms with Gasteiger partial charge < -0.3 is 4.90 Å². The second kappa shape index (κ2) is 4.50. The summed E-state index contributed by atoms with van der Waals surface area (Å²) >= 11 is 0. The molecule has 1 saturated heterocycles. The van der Waals surface area contributed by atoms with Crippen molar-refractivity contribution >= 4 is 5.82 Å². The third-order valence-corrected chi connectivity index (χ3v) is 2.98. The van der Waals surface area contributed by atoms with Gasteiger partial charge in [0.15, 0.2) is 0 Å². The van der Waals surface area contributed by atoms with E-state index in [1.54, 1.807) is 11.0 Å². The van der Waals surface area contributed by atoms with E-state index >= 15 is 0 Å². The number of alkyl halides is 3. The standard InChI is InChI=1S/C11H12F4N2/c12-9-2-1-3-10(16-9)17-6-4-8(5-7-17)11(13,14)15/h1-3,8H,4-7H2. The second-order valence-electron chi connectivity index (χ2n) is 4.12. The van der Waals surface area contributed by atoms with E-state index in [1.807, 2.05) is 0 Å². The Morgan fingerprint density at radius 2 is 1.82 bits per heavy atom. The molecule has 0 radical (unpaired) electrons. The lowest BCUT2D eigenvalue weighted by molar-refractivity contribution is -0.179. The fourth-order valence-corrected chi connectivity index (χ4v) is 2.01. The molecule has 1 aromatic rings. The fraction of sp³-hybridized carbons (Fsp3) is 0.545. The molecule has 1 aliphatic rings. The van der Waals surface area contributed by atoms with Crippen LogP contribution in [0.15, 0.2) is 18.2 Å². The number of halogens is 4. The molecule has 2 nitrogen and oxygen atoms in total. The Labute approximate surface area is 96.3 Å². The molecular weight excluding hydrogens is 236 g/mol. The lowest BCUT2D eigenvalue weighted by atomic mass is 9.96. The first kappa shape index (κ1) is 12.1. The van der Waals surface area contributed by atoms with Crippen LogP contribution in [-0.4, -0.2) is 24.2 Å². The van der Waals surface area contributed by atoms with Crippen molar-refractivity contribution in [3.63, 3.8) is 0 Å². The third kappa shape index (κ3) is 2.87. The average molecular weight is 248 g/mol. The highest BCUT2D eigenvalue weighted by atomic mass is 19.4. The fourth-order valence-electron chi connectivity index (χ4n) is 2.01. The number of piperidine rings is 1. The van der Waals surface area contributed by atoms with Crippen LogP contribution in [0.5, 0.6) is 0 Å². The highest BCUT2D eigenvalue weighted by Gasteiger charge is 2.41. The molecular formula is C11H12F4N2. The molecule has 0 bridgehead atoms. The van der Waals surface area contributed by atoms with Crippen LogP contribution in [-0.2, 0) is 0 Å². The van der Waals surface area contributed by atoms with Gasteiger partial charge in [-0.1, -0.05) is 6.07 Å². The van der Waals surface area contributed by atoms with Crippen LogP contribution in [0.25, 0.3) is 0 Å². The molecule has 2 rings (SSSR count). The molecule has 17 heavy (non-hydrogen) atoms. The van der Waals surface area contributed by atoms with Crippen molar-refractivity contribution in [2.24, 2.45) is 5.92 Å². The highest BCUT2D eigenvalue weighted by molar-refractivity contribution is 5.38. The molecule has 0 atom stereocenters.